The predicted molar refractivity (Wildman–Crippen MR) is 159 cm³/mol. The normalized spacial score (nSPS) is 13.4. The fraction of sp³-hybridized carbons (Fsp3) is 0.531. The van der Waals surface area contributed by atoms with Gasteiger partial charge in [-0.3, -0.25) is 14.4 Å². The molecule has 3 unspecified atom stereocenters. The maximum atomic E-state index is 13.4. The number of hydrogen-bond acceptors (Lipinski definition) is 4. The number of amides is 3. The minimum atomic E-state index is -0.344. The van der Waals surface area contributed by atoms with E-state index in [0.29, 0.717) is 55.9 Å². The van der Waals surface area contributed by atoms with Gasteiger partial charge in [-0.05, 0) is 61.8 Å². The molecule has 7 nitrogen and oxygen atoms in total. The van der Waals surface area contributed by atoms with Crippen molar-refractivity contribution in [3.05, 3.63) is 71.3 Å². The van der Waals surface area contributed by atoms with E-state index >= 15 is 0 Å². The molecule has 0 aromatic heterocycles. The molecule has 2 aromatic carbocycles. The van der Waals surface area contributed by atoms with Crippen LogP contribution in [0.1, 0.15) is 86.6 Å². The summed E-state index contributed by atoms with van der Waals surface area (Å²) >= 11 is 0. The summed E-state index contributed by atoms with van der Waals surface area (Å²) < 4.78 is 0. The number of carbonyl (C=O) groups is 3. The highest BCUT2D eigenvalue weighted by atomic mass is 16.2. The van der Waals surface area contributed by atoms with Crippen LogP contribution in [-0.2, 0) is 11.2 Å². The summed E-state index contributed by atoms with van der Waals surface area (Å²) in [5, 5.41) is 6.12. The minimum Gasteiger partial charge on any atom is -0.356 e. The molecule has 39 heavy (non-hydrogen) atoms. The van der Waals surface area contributed by atoms with Gasteiger partial charge < -0.3 is 21.3 Å². The Morgan fingerprint density at radius 1 is 0.872 bits per heavy atom. The number of hydrogen-bond donors (Lipinski definition) is 3. The molecule has 0 aliphatic heterocycles. The van der Waals surface area contributed by atoms with Crippen LogP contribution in [-0.4, -0.2) is 54.3 Å². The molecule has 0 heterocycles. The summed E-state index contributed by atoms with van der Waals surface area (Å²) in [5.41, 5.74) is 8.65. The summed E-state index contributed by atoms with van der Waals surface area (Å²) in [7, 11) is 0. The van der Waals surface area contributed by atoms with Gasteiger partial charge in [-0.15, -0.1) is 0 Å². The van der Waals surface area contributed by atoms with Gasteiger partial charge in [-0.1, -0.05) is 71.0 Å². The van der Waals surface area contributed by atoms with Crippen LogP contribution in [0.2, 0.25) is 0 Å². The van der Waals surface area contributed by atoms with Crippen molar-refractivity contribution in [2.24, 2.45) is 17.6 Å². The van der Waals surface area contributed by atoms with Gasteiger partial charge in [0.25, 0.3) is 11.8 Å². The highest BCUT2D eigenvalue weighted by Gasteiger charge is 2.24. The van der Waals surface area contributed by atoms with Gasteiger partial charge in [0.1, 0.15) is 0 Å². The number of benzene rings is 2. The van der Waals surface area contributed by atoms with Crippen molar-refractivity contribution in [2.75, 3.05) is 19.6 Å². The fourth-order valence-electron chi connectivity index (χ4n) is 4.51. The van der Waals surface area contributed by atoms with E-state index in [1.165, 1.54) is 0 Å². The summed E-state index contributed by atoms with van der Waals surface area (Å²) in [5.74, 6) is -0.0677. The van der Waals surface area contributed by atoms with E-state index in [2.05, 4.69) is 38.3 Å². The Hall–Kier alpha value is -3.19. The maximum absolute atomic E-state index is 13.4. The van der Waals surface area contributed by atoms with E-state index < -0.39 is 0 Å². The highest BCUT2D eigenvalue weighted by molar-refractivity contribution is 5.99. The highest BCUT2D eigenvalue weighted by Crippen LogP contribution is 2.15. The lowest BCUT2D eigenvalue weighted by Gasteiger charge is -2.26. The summed E-state index contributed by atoms with van der Waals surface area (Å²) in [6.07, 6.45) is 3.55. The first-order chi connectivity index (χ1) is 18.7. The van der Waals surface area contributed by atoms with Gasteiger partial charge in [0.2, 0.25) is 5.91 Å². The molecule has 7 heteroatoms. The number of nitrogens with zero attached hydrogens (tertiary/aromatic N) is 1. The van der Waals surface area contributed by atoms with Crippen molar-refractivity contribution < 1.29 is 14.4 Å². The Balaban J connectivity index is 2.15. The van der Waals surface area contributed by atoms with Crippen molar-refractivity contribution in [1.82, 2.24) is 15.5 Å². The molecule has 2 rings (SSSR count). The Morgan fingerprint density at radius 2 is 1.51 bits per heavy atom. The Labute approximate surface area is 234 Å². The Kier molecular flexibility index (Phi) is 13.7. The third-order valence-electron chi connectivity index (χ3n) is 6.84. The first-order valence-electron chi connectivity index (χ1n) is 14.4. The quantitative estimate of drug-likeness (QED) is 0.286. The SMILES string of the molecule is CCCN(CCC)C(=O)c1cccc(C(=O)NC(Cc2ccccc2)C(N)CCC(C)C(=O)NCC(C)C)c1. The molecule has 4 N–H and O–H groups in total. The monoisotopic (exact) mass is 536 g/mol. The van der Waals surface area contributed by atoms with E-state index in [-0.39, 0.29) is 35.7 Å². The van der Waals surface area contributed by atoms with Gasteiger partial charge in [0.05, 0.1) is 0 Å². The molecule has 2 aromatic rings. The zero-order chi connectivity index (χ0) is 28.8. The van der Waals surface area contributed by atoms with Gasteiger partial charge in [0, 0.05) is 48.8 Å². The fourth-order valence-corrected chi connectivity index (χ4v) is 4.51. The third kappa shape index (κ3) is 10.8. The summed E-state index contributed by atoms with van der Waals surface area (Å²) in [4.78, 5) is 40.8. The molecule has 0 saturated heterocycles. The van der Waals surface area contributed by atoms with Crippen molar-refractivity contribution >= 4 is 17.7 Å². The number of nitrogens with two attached hydrogens (primary N) is 1. The van der Waals surface area contributed by atoms with Gasteiger partial charge in [-0.25, -0.2) is 0 Å². The van der Waals surface area contributed by atoms with Gasteiger partial charge in [0.15, 0.2) is 0 Å². The van der Waals surface area contributed by atoms with E-state index in [1.807, 2.05) is 42.2 Å². The zero-order valence-corrected chi connectivity index (χ0v) is 24.4. The lowest BCUT2D eigenvalue weighted by atomic mass is 9.93. The molecule has 0 saturated carbocycles. The first kappa shape index (κ1) is 32.0. The largest absolute Gasteiger partial charge is 0.356 e. The molecule has 0 aliphatic rings. The molecular weight excluding hydrogens is 488 g/mol. The van der Waals surface area contributed by atoms with E-state index in [1.54, 1.807) is 24.3 Å². The molecule has 214 valence electrons. The molecule has 0 spiro atoms. The van der Waals surface area contributed by atoms with E-state index in [9.17, 15) is 14.4 Å². The average molecular weight is 537 g/mol. The average Bonchev–Trinajstić information content (AvgIpc) is 2.94. The molecule has 0 radical (unpaired) electrons. The second-order valence-electron chi connectivity index (χ2n) is 10.9. The minimum absolute atomic E-state index is 0.0289. The van der Waals surface area contributed by atoms with Gasteiger partial charge in [-0.2, -0.15) is 0 Å². The third-order valence-corrected chi connectivity index (χ3v) is 6.84. The van der Waals surface area contributed by atoms with Crippen molar-refractivity contribution in [2.45, 2.75) is 78.8 Å². The lowest BCUT2D eigenvalue weighted by Crippen LogP contribution is -2.49. The van der Waals surface area contributed by atoms with Crippen LogP contribution in [0.5, 0.6) is 0 Å². The second kappa shape index (κ2) is 16.7. The molecule has 3 amide bonds. The number of carbonyl (C=O) groups excluding carboxylic acids is 3. The van der Waals surface area contributed by atoms with Crippen LogP contribution in [0.15, 0.2) is 54.6 Å². The molecule has 0 aliphatic carbocycles. The van der Waals surface area contributed by atoms with E-state index in [0.717, 1.165) is 18.4 Å². The van der Waals surface area contributed by atoms with E-state index in [4.69, 9.17) is 5.73 Å². The van der Waals surface area contributed by atoms with Crippen LogP contribution in [0.3, 0.4) is 0 Å². The van der Waals surface area contributed by atoms with Crippen molar-refractivity contribution in [1.29, 1.82) is 0 Å². The molecular formula is C32H48N4O3. The van der Waals surface area contributed by atoms with Crippen molar-refractivity contribution in [3.63, 3.8) is 0 Å². The second-order valence-corrected chi connectivity index (χ2v) is 10.9. The first-order valence-corrected chi connectivity index (χ1v) is 14.4. The topological polar surface area (TPSA) is 105 Å². The molecule has 3 atom stereocenters. The molecule has 0 fully saturated rings. The van der Waals surface area contributed by atoms with Crippen LogP contribution >= 0.6 is 0 Å². The van der Waals surface area contributed by atoms with Crippen LogP contribution in [0.4, 0.5) is 0 Å². The summed E-state index contributed by atoms with van der Waals surface area (Å²) in [6, 6.07) is 16.2. The smallest absolute Gasteiger partial charge is 0.253 e. The Morgan fingerprint density at radius 3 is 2.13 bits per heavy atom. The van der Waals surface area contributed by atoms with Gasteiger partial charge >= 0.3 is 0 Å². The number of rotatable bonds is 16. The lowest BCUT2D eigenvalue weighted by molar-refractivity contribution is -0.124. The predicted octanol–water partition coefficient (Wildman–Crippen LogP) is 4.81. The number of nitrogens with one attached hydrogen (secondary N) is 2. The van der Waals surface area contributed by atoms with Crippen LogP contribution < -0.4 is 16.4 Å². The van der Waals surface area contributed by atoms with Crippen LogP contribution in [0, 0.1) is 11.8 Å². The maximum Gasteiger partial charge on any atom is 0.253 e. The molecule has 0 bridgehead atoms. The summed E-state index contributed by atoms with van der Waals surface area (Å²) in [6.45, 7) is 12.2. The Bertz CT molecular complexity index is 1030. The van der Waals surface area contributed by atoms with Crippen molar-refractivity contribution in [3.8, 4) is 0 Å². The van der Waals surface area contributed by atoms with Crippen LogP contribution in [0.25, 0.3) is 0 Å². The zero-order valence-electron chi connectivity index (χ0n) is 24.4. The standard InChI is InChI=1S/C32H48N4O3/c1-6-18-36(19-7-2)32(39)27-15-11-14-26(21-27)31(38)35-29(20-25-12-9-8-10-13-25)28(33)17-16-24(5)30(37)34-22-23(3)4/h8-15,21,23-24,28-29H,6-7,16-20,22,33H2,1-5H3,(H,34,37)(H,35,38).